The fourth-order valence-corrected chi connectivity index (χ4v) is 2.51. The van der Waals surface area contributed by atoms with Crippen LogP contribution in [0.1, 0.15) is 0 Å². The van der Waals surface area contributed by atoms with E-state index in [4.69, 9.17) is 24.9 Å². The molecule has 0 fully saturated rings. The second kappa shape index (κ2) is 10.9. The molecule has 4 rings (SSSR count). The second-order valence-corrected chi connectivity index (χ2v) is 6.53. The van der Waals surface area contributed by atoms with Crippen LogP contribution in [0.2, 0.25) is 0 Å². The molecular weight excluding hydrogens is 443 g/mol. The fraction of sp³-hybridized carbons (Fsp3) is 0. The van der Waals surface area contributed by atoms with Crippen molar-refractivity contribution in [1.29, 1.82) is 0 Å². The van der Waals surface area contributed by atoms with Crippen molar-refractivity contribution >= 4 is 43.6 Å². The molecule has 32 heavy (non-hydrogen) atoms. The zero-order chi connectivity index (χ0) is 23.8. The SMILES string of the molecule is O=C1C=CC(=O)N1c1ccc(O)cc1.O=C1C=CC(=O)N1c1ccc(O)cc1.OP(O)O. The first-order valence-corrected chi connectivity index (χ1v) is 9.87. The molecule has 2 aliphatic heterocycles. The van der Waals surface area contributed by atoms with Crippen LogP contribution in [0.25, 0.3) is 0 Å². The predicted molar refractivity (Wildman–Crippen MR) is 113 cm³/mol. The molecule has 0 saturated carbocycles. The normalized spacial score (nSPS) is 14.5. The number of amides is 4. The van der Waals surface area contributed by atoms with Crippen molar-refractivity contribution in [3.8, 4) is 11.5 Å². The van der Waals surface area contributed by atoms with Gasteiger partial charge >= 0.3 is 8.60 Å². The molecule has 2 aromatic rings. The summed E-state index contributed by atoms with van der Waals surface area (Å²) < 4.78 is 0. The van der Waals surface area contributed by atoms with Gasteiger partial charge in [0.2, 0.25) is 0 Å². The lowest BCUT2D eigenvalue weighted by Crippen LogP contribution is -2.29. The number of phenols is 2. The van der Waals surface area contributed by atoms with Gasteiger partial charge in [-0.15, -0.1) is 0 Å². The van der Waals surface area contributed by atoms with Crippen LogP contribution in [0.3, 0.4) is 0 Å². The van der Waals surface area contributed by atoms with E-state index < -0.39 is 8.60 Å². The Morgan fingerprint density at radius 3 is 0.938 bits per heavy atom. The zero-order valence-electron chi connectivity index (χ0n) is 16.1. The summed E-state index contributed by atoms with van der Waals surface area (Å²) in [5, 5.41) is 18.1. The molecule has 0 aliphatic carbocycles. The molecular formula is C20H17N2O9P. The Morgan fingerprint density at radius 1 is 0.500 bits per heavy atom. The molecule has 4 amide bonds. The van der Waals surface area contributed by atoms with Crippen LogP contribution in [0.15, 0.2) is 72.8 Å². The monoisotopic (exact) mass is 460 g/mol. The quantitative estimate of drug-likeness (QED) is 0.321. The molecule has 5 N–H and O–H groups in total. The van der Waals surface area contributed by atoms with Gasteiger partial charge in [0, 0.05) is 24.3 Å². The van der Waals surface area contributed by atoms with Gasteiger partial charge in [0.15, 0.2) is 0 Å². The van der Waals surface area contributed by atoms with Crippen LogP contribution in [-0.4, -0.2) is 48.5 Å². The molecule has 0 saturated heterocycles. The van der Waals surface area contributed by atoms with E-state index in [1.165, 1.54) is 72.8 Å². The molecule has 0 aromatic heterocycles. The van der Waals surface area contributed by atoms with Crippen molar-refractivity contribution in [2.75, 3.05) is 9.80 Å². The first kappa shape index (κ1) is 24.4. The van der Waals surface area contributed by atoms with Crippen LogP contribution < -0.4 is 9.80 Å². The van der Waals surface area contributed by atoms with Crippen molar-refractivity contribution < 1.29 is 44.1 Å². The second-order valence-electron chi connectivity index (χ2n) is 5.99. The van der Waals surface area contributed by atoms with Gasteiger partial charge < -0.3 is 24.9 Å². The van der Waals surface area contributed by atoms with Gasteiger partial charge in [0.25, 0.3) is 23.6 Å². The maximum Gasteiger partial charge on any atom is 0.324 e. The molecule has 2 aliphatic rings. The van der Waals surface area contributed by atoms with E-state index in [0.29, 0.717) is 11.4 Å². The van der Waals surface area contributed by atoms with E-state index in [-0.39, 0.29) is 35.1 Å². The fourth-order valence-electron chi connectivity index (χ4n) is 2.51. The number of carbonyl (C=O) groups excluding carboxylic acids is 4. The first-order chi connectivity index (χ1) is 15.1. The highest BCUT2D eigenvalue weighted by atomic mass is 31.2. The molecule has 0 atom stereocenters. The van der Waals surface area contributed by atoms with E-state index in [0.717, 1.165) is 9.80 Å². The van der Waals surface area contributed by atoms with E-state index in [1.54, 1.807) is 0 Å². The lowest BCUT2D eigenvalue weighted by Gasteiger charge is -2.13. The van der Waals surface area contributed by atoms with Gasteiger partial charge in [-0.2, -0.15) is 0 Å². The third kappa shape index (κ3) is 6.56. The molecule has 0 spiro atoms. The molecule has 0 bridgehead atoms. The summed E-state index contributed by atoms with van der Waals surface area (Å²) in [5.41, 5.74) is 0.922. The standard InChI is InChI=1S/2C10H7NO3.H3O3P/c2*12-8-3-1-7(2-4-8)11-9(13)5-6-10(11)14;1-4(2)3/h2*1-6,12H;1-3H. The number of aromatic hydroxyl groups is 2. The summed E-state index contributed by atoms with van der Waals surface area (Å²) in [4.78, 5) is 68.7. The Balaban J connectivity index is 0.000000195. The van der Waals surface area contributed by atoms with E-state index >= 15 is 0 Å². The van der Waals surface area contributed by atoms with E-state index in [1.807, 2.05) is 0 Å². The van der Waals surface area contributed by atoms with Crippen LogP contribution in [0.5, 0.6) is 11.5 Å². The summed E-state index contributed by atoms with van der Waals surface area (Å²) in [5.74, 6) is -1.25. The predicted octanol–water partition coefficient (Wildman–Crippen LogP) is 0.833. The maximum atomic E-state index is 11.2. The Kier molecular flexibility index (Phi) is 8.33. The lowest BCUT2D eigenvalue weighted by atomic mass is 10.3. The van der Waals surface area contributed by atoms with E-state index in [2.05, 4.69) is 0 Å². The summed E-state index contributed by atoms with van der Waals surface area (Å²) in [6.45, 7) is 0. The molecule has 11 nitrogen and oxygen atoms in total. The van der Waals surface area contributed by atoms with Crippen LogP contribution >= 0.6 is 8.60 Å². The average Bonchev–Trinajstić information content (AvgIpc) is 3.24. The van der Waals surface area contributed by atoms with Crippen molar-refractivity contribution in [1.82, 2.24) is 0 Å². The molecule has 0 radical (unpaired) electrons. The minimum atomic E-state index is -2.62. The number of anilines is 2. The number of rotatable bonds is 2. The number of carbonyl (C=O) groups is 4. The molecule has 2 aromatic carbocycles. The molecule has 166 valence electrons. The number of phenolic OH excluding ortho intramolecular Hbond substituents is 2. The Labute approximate surface area is 182 Å². The van der Waals surface area contributed by atoms with Gasteiger partial charge in [-0.05, 0) is 48.5 Å². The van der Waals surface area contributed by atoms with Gasteiger partial charge in [-0.25, -0.2) is 9.80 Å². The largest absolute Gasteiger partial charge is 0.508 e. The summed E-state index contributed by atoms with van der Waals surface area (Å²) >= 11 is 0. The van der Waals surface area contributed by atoms with Crippen LogP contribution in [-0.2, 0) is 19.2 Å². The van der Waals surface area contributed by atoms with Crippen molar-refractivity contribution in [3.63, 3.8) is 0 Å². The van der Waals surface area contributed by atoms with Gasteiger partial charge in [0.05, 0.1) is 11.4 Å². The van der Waals surface area contributed by atoms with Crippen molar-refractivity contribution in [3.05, 3.63) is 72.8 Å². The van der Waals surface area contributed by atoms with Gasteiger partial charge in [-0.3, -0.25) is 19.2 Å². The Bertz CT molecular complexity index is 941. The Hall–Kier alpha value is -3.89. The number of hydrogen-bond donors (Lipinski definition) is 5. The summed E-state index contributed by atoms with van der Waals surface area (Å²) in [6.07, 6.45) is 4.87. The van der Waals surface area contributed by atoms with Gasteiger partial charge in [0.1, 0.15) is 11.5 Å². The highest BCUT2D eigenvalue weighted by molar-refractivity contribution is 7.38. The van der Waals surface area contributed by atoms with Gasteiger partial charge in [-0.1, -0.05) is 0 Å². The molecule has 2 heterocycles. The Morgan fingerprint density at radius 2 is 0.719 bits per heavy atom. The average molecular weight is 460 g/mol. The number of imide groups is 2. The number of benzene rings is 2. The summed E-state index contributed by atoms with van der Waals surface area (Å²) in [6, 6.07) is 11.7. The third-order valence-electron chi connectivity index (χ3n) is 3.83. The highest BCUT2D eigenvalue weighted by Crippen LogP contribution is 2.22. The third-order valence-corrected chi connectivity index (χ3v) is 3.83. The van der Waals surface area contributed by atoms with E-state index in [9.17, 15) is 19.2 Å². The molecule has 0 unspecified atom stereocenters. The van der Waals surface area contributed by atoms with Crippen molar-refractivity contribution in [2.24, 2.45) is 0 Å². The van der Waals surface area contributed by atoms with Crippen LogP contribution in [0, 0.1) is 0 Å². The smallest absolute Gasteiger partial charge is 0.324 e. The lowest BCUT2D eigenvalue weighted by molar-refractivity contribution is -0.121. The zero-order valence-corrected chi connectivity index (χ0v) is 17.0. The van der Waals surface area contributed by atoms with Crippen molar-refractivity contribution in [2.45, 2.75) is 0 Å². The highest BCUT2D eigenvalue weighted by Gasteiger charge is 2.25. The topological polar surface area (TPSA) is 176 Å². The minimum Gasteiger partial charge on any atom is -0.508 e. The minimum absolute atomic E-state index is 0.0980. The number of hydrogen-bond acceptors (Lipinski definition) is 9. The first-order valence-electron chi connectivity index (χ1n) is 8.67. The maximum absolute atomic E-state index is 11.2. The molecule has 12 heteroatoms. The summed E-state index contributed by atoms with van der Waals surface area (Å²) in [7, 11) is -2.62. The van der Waals surface area contributed by atoms with Crippen LogP contribution in [0.4, 0.5) is 11.4 Å². The number of nitrogens with zero attached hydrogens (tertiary/aromatic N) is 2.